The topological polar surface area (TPSA) is 37.4 Å². The maximum atomic E-state index is 12.7. The molecule has 1 amide bonds. The van der Waals surface area contributed by atoms with E-state index in [4.69, 9.17) is 0 Å². The molecular weight excluding hydrogens is 298 g/mol. The van der Waals surface area contributed by atoms with Crippen LogP contribution in [-0.2, 0) is 11.2 Å². The number of hydrogen-bond donors (Lipinski definition) is 0. The first-order chi connectivity index (χ1) is 11.6. The zero-order valence-electron chi connectivity index (χ0n) is 14.1. The summed E-state index contributed by atoms with van der Waals surface area (Å²) in [5, 5.41) is 0. The summed E-state index contributed by atoms with van der Waals surface area (Å²) in [4.78, 5) is 27.1. The van der Waals surface area contributed by atoms with Crippen LogP contribution in [-0.4, -0.2) is 29.7 Å². The highest BCUT2D eigenvalue weighted by atomic mass is 16.2. The predicted molar refractivity (Wildman–Crippen MR) is 95.0 cm³/mol. The first kappa shape index (κ1) is 16.4. The van der Waals surface area contributed by atoms with Crippen molar-refractivity contribution in [3.8, 4) is 0 Å². The minimum Gasteiger partial charge on any atom is -0.342 e. The lowest BCUT2D eigenvalue weighted by atomic mass is 9.89. The minimum absolute atomic E-state index is 0.0822. The zero-order valence-corrected chi connectivity index (χ0v) is 14.1. The molecule has 3 heteroatoms. The van der Waals surface area contributed by atoms with Crippen molar-refractivity contribution in [1.82, 2.24) is 4.90 Å². The zero-order chi connectivity index (χ0) is 16.9. The van der Waals surface area contributed by atoms with Gasteiger partial charge in [-0.05, 0) is 25.3 Å². The average Bonchev–Trinajstić information content (AvgIpc) is 2.63. The van der Waals surface area contributed by atoms with E-state index in [0.29, 0.717) is 13.0 Å². The number of hydrogen-bond acceptors (Lipinski definition) is 2. The van der Waals surface area contributed by atoms with Gasteiger partial charge in [-0.2, -0.15) is 0 Å². The van der Waals surface area contributed by atoms with E-state index in [-0.39, 0.29) is 17.6 Å². The second kappa shape index (κ2) is 7.43. The number of Topliss-reactive ketones (excluding diaryl/α,β-unsaturated/α-hetero) is 1. The molecule has 1 unspecified atom stereocenters. The molecule has 0 bridgehead atoms. The van der Waals surface area contributed by atoms with Crippen molar-refractivity contribution in [2.24, 2.45) is 5.92 Å². The Morgan fingerprint density at radius 1 is 1.04 bits per heavy atom. The third kappa shape index (κ3) is 3.91. The van der Waals surface area contributed by atoms with Gasteiger partial charge in [0.05, 0.1) is 6.42 Å². The number of ketones is 1. The molecule has 124 valence electrons. The number of carbonyl (C=O) groups is 2. The van der Waals surface area contributed by atoms with Crippen molar-refractivity contribution < 1.29 is 9.59 Å². The van der Waals surface area contributed by atoms with Gasteiger partial charge in [-0.25, -0.2) is 0 Å². The minimum atomic E-state index is -0.0822. The molecule has 0 aromatic heterocycles. The molecule has 1 saturated heterocycles. The van der Waals surface area contributed by atoms with E-state index in [1.807, 2.05) is 66.4 Å². The van der Waals surface area contributed by atoms with Crippen LogP contribution in [0.25, 0.3) is 0 Å². The Labute approximate surface area is 143 Å². The maximum Gasteiger partial charge on any atom is 0.227 e. The Balaban J connectivity index is 1.64. The van der Waals surface area contributed by atoms with Crippen LogP contribution < -0.4 is 0 Å². The quantitative estimate of drug-likeness (QED) is 0.806. The summed E-state index contributed by atoms with van der Waals surface area (Å²) in [5.41, 5.74) is 2.92. The van der Waals surface area contributed by atoms with Crippen molar-refractivity contribution >= 4 is 11.7 Å². The van der Waals surface area contributed by atoms with Crippen LogP contribution >= 0.6 is 0 Å². The molecule has 0 aliphatic carbocycles. The highest BCUT2D eigenvalue weighted by molar-refractivity contribution is 5.98. The monoisotopic (exact) mass is 321 g/mol. The van der Waals surface area contributed by atoms with E-state index in [1.54, 1.807) is 0 Å². The van der Waals surface area contributed by atoms with Gasteiger partial charge in [0.1, 0.15) is 0 Å². The molecule has 0 radical (unpaired) electrons. The maximum absolute atomic E-state index is 12.7. The van der Waals surface area contributed by atoms with Gasteiger partial charge in [0.2, 0.25) is 5.91 Å². The molecule has 1 aliphatic rings. The summed E-state index contributed by atoms with van der Waals surface area (Å²) >= 11 is 0. The lowest BCUT2D eigenvalue weighted by molar-refractivity contribution is -0.131. The summed E-state index contributed by atoms with van der Waals surface area (Å²) in [7, 11) is 0. The number of likely N-dealkylation sites (tertiary alicyclic amines) is 1. The third-order valence-electron chi connectivity index (χ3n) is 4.68. The standard InChI is InChI=1S/C21H23NO2/c1-16-9-11-18(12-10-16)21(24)19-8-5-13-22(15-19)20(23)14-17-6-3-2-4-7-17/h2-4,6-7,9-12,19H,5,8,13-15H2,1H3. The lowest BCUT2D eigenvalue weighted by Crippen LogP contribution is -2.43. The summed E-state index contributed by atoms with van der Waals surface area (Å²) in [6, 6.07) is 17.5. The van der Waals surface area contributed by atoms with Crippen LogP contribution in [0.15, 0.2) is 54.6 Å². The lowest BCUT2D eigenvalue weighted by Gasteiger charge is -2.32. The second-order valence-corrected chi connectivity index (χ2v) is 6.57. The Morgan fingerprint density at radius 3 is 2.46 bits per heavy atom. The largest absolute Gasteiger partial charge is 0.342 e. The van der Waals surface area contributed by atoms with Crippen LogP contribution in [0.4, 0.5) is 0 Å². The predicted octanol–water partition coefficient (Wildman–Crippen LogP) is 3.66. The van der Waals surface area contributed by atoms with Crippen LogP contribution in [0.5, 0.6) is 0 Å². The molecule has 2 aromatic carbocycles. The van der Waals surface area contributed by atoms with Gasteiger partial charge in [0.15, 0.2) is 5.78 Å². The smallest absolute Gasteiger partial charge is 0.227 e. The van der Waals surface area contributed by atoms with Crippen molar-refractivity contribution in [3.63, 3.8) is 0 Å². The van der Waals surface area contributed by atoms with Crippen LogP contribution in [0, 0.1) is 12.8 Å². The van der Waals surface area contributed by atoms with Crippen molar-refractivity contribution in [2.45, 2.75) is 26.2 Å². The Bertz CT molecular complexity index is 706. The van der Waals surface area contributed by atoms with Gasteiger partial charge in [-0.15, -0.1) is 0 Å². The number of piperidine rings is 1. The summed E-state index contributed by atoms with van der Waals surface area (Å²) in [6.45, 7) is 3.31. The fourth-order valence-electron chi connectivity index (χ4n) is 3.25. The number of rotatable bonds is 4. The van der Waals surface area contributed by atoms with Gasteiger partial charge >= 0.3 is 0 Å². The summed E-state index contributed by atoms with van der Waals surface area (Å²) in [5.74, 6) is 0.191. The van der Waals surface area contributed by atoms with Crippen molar-refractivity contribution in [2.75, 3.05) is 13.1 Å². The van der Waals surface area contributed by atoms with Crippen LogP contribution in [0.2, 0.25) is 0 Å². The molecule has 1 aliphatic heterocycles. The molecule has 3 nitrogen and oxygen atoms in total. The Hall–Kier alpha value is -2.42. The first-order valence-corrected chi connectivity index (χ1v) is 8.56. The van der Waals surface area contributed by atoms with Crippen LogP contribution in [0.1, 0.15) is 34.3 Å². The first-order valence-electron chi connectivity index (χ1n) is 8.56. The van der Waals surface area contributed by atoms with E-state index in [2.05, 4.69) is 0 Å². The highest BCUT2D eigenvalue weighted by Crippen LogP contribution is 2.22. The van der Waals surface area contributed by atoms with E-state index in [1.165, 1.54) is 0 Å². The fourth-order valence-corrected chi connectivity index (χ4v) is 3.25. The van der Waals surface area contributed by atoms with Crippen LogP contribution in [0.3, 0.4) is 0 Å². The molecule has 1 fully saturated rings. The Morgan fingerprint density at radius 2 is 1.75 bits per heavy atom. The summed E-state index contributed by atoms with van der Waals surface area (Å²) < 4.78 is 0. The number of benzene rings is 2. The third-order valence-corrected chi connectivity index (χ3v) is 4.68. The van der Waals surface area contributed by atoms with Crippen molar-refractivity contribution in [3.05, 3.63) is 71.3 Å². The van der Waals surface area contributed by atoms with Gasteiger partial charge in [-0.1, -0.05) is 60.2 Å². The normalized spacial score (nSPS) is 17.5. The van der Waals surface area contributed by atoms with E-state index in [0.717, 1.165) is 36.1 Å². The summed E-state index contributed by atoms with van der Waals surface area (Å²) in [6.07, 6.45) is 2.16. The second-order valence-electron chi connectivity index (χ2n) is 6.57. The van der Waals surface area contributed by atoms with Gasteiger partial charge in [-0.3, -0.25) is 9.59 Å². The van der Waals surface area contributed by atoms with Gasteiger partial charge in [0.25, 0.3) is 0 Å². The molecule has 1 heterocycles. The van der Waals surface area contributed by atoms with Gasteiger partial charge in [0, 0.05) is 24.6 Å². The van der Waals surface area contributed by atoms with E-state index < -0.39 is 0 Å². The average molecular weight is 321 g/mol. The van der Waals surface area contributed by atoms with E-state index in [9.17, 15) is 9.59 Å². The molecule has 2 aromatic rings. The molecule has 0 spiro atoms. The van der Waals surface area contributed by atoms with Gasteiger partial charge < -0.3 is 4.90 Å². The molecule has 1 atom stereocenters. The number of carbonyl (C=O) groups excluding carboxylic acids is 2. The molecule has 24 heavy (non-hydrogen) atoms. The molecular formula is C21H23NO2. The van der Waals surface area contributed by atoms with E-state index >= 15 is 0 Å². The number of nitrogens with zero attached hydrogens (tertiary/aromatic N) is 1. The molecule has 0 N–H and O–H groups in total. The number of amides is 1. The fraction of sp³-hybridized carbons (Fsp3) is 0.333. The SMILES string of the molecule is Cc1ccc(C(=O)C2CCCN(C(=O)Cc3ccccc3)C2)cc1. The molecule has 0 saturated carbocycles. The molecule has 3 rings (SSSR count). The Kier molecular flexibility index (Phi) is 5.09. The van der Waals surface area contributed by atoms with Crippen molar-refractivity contribution in [1.29, 1.82) is 0 Å². The number of aryl methyl sites for hydroxylation is 1. The highest BCUT2D eigenvalue weighted by Gasteiger charge is 2.28.